The molecule has 1 N–H and O–H groups in total. The lowest BCUT2D eigenvalue weighted by molar-refractivity contribution is -0.122. The first-order valence-corrected chi connectivity index (χ1v) is 10.5. The quantitative estimate of drug-likeness (QED) is 0.466. The van der Waals surface area contributed by atoms with Crippen LogP contribution in [0.2, 0.25) is 0 Å². The predicted octanol–water partition coefficient (Wildman–Crippen LogP) is 3.10. The minimum atomic E-state index is -0.285. The Bertz CT molecular complexity index is 1270. The fourth-order valence-electron chi connectivity index (χ4n) is 3.50. The topological polar surface area (TPSA) is 86.1 Å². The Morgan fingerprint density at radius 2 is 1.78 bits per heavy atom. The Morgan fingerprint density at radius 1 is 1.00 bits per heavy atom. The molecule has 7 nitrogen and oxygen atoms in total. The summed E-state index contributed by atoms with van der Waals surface area (Å²) in [4.78, 5) is 29.7. The summed E-state index contributed by atoms with van der Waals surface area (Å²) in [5.74, 6) is 0.506. The fourth-order valence-corrected chi connectivity index (χ4v) is 3.50. The average molecular weight is 428 g/mol. The molecule has 2 aromatic heterocycles. The number of carbonyl (C=O) groups excluding carboxylic acids is 1. The maximum Gasteiger partial charge on any atom is 0.275 e. The van der Waals surface area contributed by atoms with E-state index in [1.165, 1.54) is 4.68 Å². The molecular formula is C25H24N4O3. The maximum absolute atomic E-state index is 12.9. The molecule has 32 heavy (non-hydrogen) atoms. The first-order chi connectivity index (χ1) is 15.6. The molecule has 1 amide bonds. The van der Waals surface area contributed by atoms with Crippen LogP contribution in [0.3, 0.4) is 0 Å². The van der Waals surface area contributed by atoms with Gasteiger partial charge in [0.1, 0.15) is 12.3 Å². The van der Waals surface area contributed by atoms with Crippen LogP contribution >= 0.6 is 0 Å². The van der Waals surface area contributed by atoms with E-state index in [0.717, 1.165) is 28.0 Å². The largest absolute Gasteiger partial charge is 0.494 e. The zero-order valence-corrected chi connectivity index (χ0v) is 17.8. The van der Waals surface area contributed by atoms with Gasteiger partial charge in [-0.15, -0.1) is 0 Å². The van der Waals surface area contributed by atoms with Crippen molar-refractivity contribution in [2.75, 3.05) is 6.61 Å². The Kier molecular flexibility index (Phi) is 6.55. The SMILES string of the molecule is CCOc1ccc(CNC(=O)Cn2nc(Cc3cccnc3)c3ccccc3c2=O)cc1. The van der Waals surface area contributed by atoms with Crippen molar-refractivity contribution in [1.82, 2.24) is 20.1 Å². The van der Waals surface area contributed by atoms with Gasteiger partial charge in [0.15, 0.2) is 0 Å². The van der Waals surface area contributed by atoms with Gasteiger partial charge in [0, 0.05) is 30.7 Å². The Morgan fingerprint density at radius 3 is 2.50 bits per heavy atom. The first kappa shape index (κ1) is 21.2. The van der Waals surface area contributed by atoms with Crippen LogP contribution in [0.1, 0.15) is 23.7 Å². The normalized spacial score (nSPS) is 10.8. The zero-order chi connectivity index (χ0) is 22.3. The number of rotatable bonds is 8. The summed E-state index contributed by atoms with van der Waals surface area (Å²) in [6, 6.07) is 18.7. The number of fused-ring (bicyclic) bond motifs is 1. The number of nitrogens with zero attached hydrogens (tertiary/aromatic N) is 3. The number of hydrogen-bond acceptors (Lipinski definition) is 5. The van der Waals surface area contributed by atoms with Gasteiger partial charge in [0.25, 0.3) is 5.56 Å². The third kappa shape index (κ3) is 5.00. The van der Waals surface area contributed by atoms with Gasteiger partial charge >= 0.3 is 0 Å². The molecule has 0 bridgehead atoms. The molecule has 0 unspecified atom stereocenters. The minimum absolute atomic E-state index is 0.152. The highest BCUT2D eigenvalue weighted by Crippen LogP contribution is 2.16. The van der Waals surface area contributed by atoms with Crippen LogP contribution in [0.15, 0.2) is 77.9 Å². The Labute approximate surface area is 185 Å². The van der Waals surface area contributed by atoms with Crippen LogP contribution < -0.4 is 15.6 Å². The van der Waals surface area contributed by atoms with E-state index in [0.29, 0.717) is 25.0 Å². The molecule has 0 saturated heterocycles. The van der Waals surface area contributed by atoms with Crippen LogP contribution in [-0.4, -0.2) is 27.3 Å². The number of pyridine rings is 1. The molecule has 0 aliphatic rings. The highest BCUT2D eigenvalue weighted by atomic mass is 16.5. The predicted molar refractivity (Wildman–Crippen MR) is 123 cm³/mol. The molecule has 0 fully saturated rings. The molecule has 0 saturated carbocycles. The van der Waals surface area contributed by atoms with Gasteiger partial charge in [0.05, 0.1) is 17.7 Å². The second-order valence-electron chi connectivity index (χ2n) is 7.35. The molecule has 0 aliphatic heterocycles. The number of nitrogens with one attached hydrogen (secondary N) is 1. The van der Waals surface area contributed by atoms with E-state index in [9.17, 15) is 9.59 Å². The van der Waals surface area contributed by atoms with Gasteiger partial charge < -0.3 is 10.1 Å². The maximum atomic E-state index is 12.9. The van der Waals surface area contributed by atoms with Gasteiger partial charge in [-0.05, 0) is 42.3 Å². The summed E-state index contributed by atoms with van der Waals surface area (Å²) in [6.45, 7) is 2.74. The minimum Gasteiger partial charge on any atom is -0.494 e. The fraction of sp³-hybridized carbons (Fsp3) is 0.200. The summed E-state index contributed by atoms with van der Waals surface area (Å²) in [5, 5.41) is 8.70. The number of benzene rings is 2. The van der Waals surface area contributed by atoms with Crippen LogP contribution in [0, 0.1) is 0 Å². The monoisotopic (exact) mass is 428 g/mol. The van der Waals surface area contributed by atoms with Gasteiger partial charge in [-0.1, -0.05) is 36.4 Å². The summed E-state index contributed by atoms with van der Waals surface area (Å²) in [5.41, 5.74) is 2.37. The highest BCUT2D eigenvalue weighted by Gasteiger charge is 2.13. The molecule has 0 radical (unpaired) electrons. The smallest absolute Gasteiger partial charge is 0.275 e. The molecule has 2 heterocycles. The Hall–Kier alpha value is -4.00. The van der Waals surface area contributed by atoms with Crippen molar-refractivity contribution in [2.24, 2.45) is 0 Å². The van der Waals surface area contributed by atoms with E-state index in [1.54, 1.807) is 18.5 Å². The van der Waals surface area contributed by atoms with Crippen molar-refractivity contribution < 1.29 is 9.53 Å². The second kappa shape index (κ2) is 9.87. The Balaban J connectivity index is 1.52. The number of ether oxygens (including phenoxy) is 1. The van der Waals surface area contributed by atoms with Crippen LogP contribution in [0.5, 0.6) is 5.75 Å². The second-order valence-corrected chi connectivity index (χ2v) is 7.35. The van der Waals surface area contributed by atoms with Gasteiger partial charge in [-0.25, -0.2) is 4.68 Å². The van der Waals surface area contributed by atoms with Crippen LogP contribution in [0.25, 0.3) is 10.8 Å². The summed E-state index contributed by atoms with van der Waals surface area (Å²) >= 11 is 0. The van der Waals surface area contributed by atoms with Crippen molar-refractivity contribution in [3.63, 3.8) is 0 Å². The number of aromatic nitrogens is 3. The average Bonchev–Trinajstić information content (AvgIpc) is 2.82. The third-order valence-corrected chi connectivity index (χ3v) is 5.06. The van der Waals surface area contributed by atoms with Gasteiger partial charge in [-0.2, -0.15) is 5.10 Å². The number of amides is 1. The van der Waals surface area contributed by atoms with E-state index >= 15 is 0 Å². The van der Waals surface area contributed by atoms with Gasteiger partial charge in [0.2, 0.25) is 5.91 Å². The van der Waals surface area contributed by atoms with Crippen molar-refractivity contribution in [2.45, 2.75) is 26.4 Å². The lowest BCUT2D eigenvalue weighted by Gasteiger charge is -2.12. The zero-order valence-electron chi connectivity index (χ0n) is 17.8. The van der Waals surface area contributed by atoms with Gasteiger partial charge in [-0.3, -0.25) is 14.6 Å². The standard InChI is InChI=1S/C25H24N4O3/c1-2-32-20-11-9-18(10-12-20)16-27-24(30)17-29-25(31)22-8-4-3-7-21(22)23(28-29)14-19-6-5-13-26-15-19/h3-13,15H,2,14,16-17H2,1H3,(H,27,30). The molecule has 4 aromatic rings. The summed E-state index contributed by atoms with van der Waals surface area (Å²) < 4.78 is 6.67. The molecule has 7 heteroatoms. The van der Waals surface area contributed by atoms with Crippen molar-refractivity contribution in [3.05, 3.63) is 100 Å². The van der Waals surface area contributed by atoms with Crippen molar-refractivity contribution in [3.8, 4) is 5.75 Å². The summed E-state index contributed by atoms with van der Waals surface area (Å²) in [6.07, 6.45) is 4.00. The lowest BCUT2D eigenvalue weighted by Crippen LogP contribution is -2.34. The summed E-state index contributed by atoms with van der Waals surface area (Å²) in [7, 11) is 0. The lowest BCUT2D eigenvalue weighted by atomic mass is 10.1. The van der Waals surface area contributed by atoms with E-state index in [-0.39, 0.29) is 18.0 Å². The van der Waals surface area contributed by atoms with Crippen molar-refractivity contribution in [1.29, 1.82) is 0 Å². The van der Waals surface area contributed by atoms with E-state index in [2.05, 4.69) is 15.4 Å². The van der Waals surface area contributed by atoms with Crippen molar-refractivity contribution >= 4 is 16.7 Å². The molecule has 2 aromatic carbocycles. The molecule has 4 rings (SSSR count). The van der Waals surface area contributed by atoms with E-state index < -0.39 is 0 Å². The molecular weight excluding hydrogens is 404 g/mol. The molecule has 162 valence electrons. The number of carbonyl (C=O) groups is 1. The van der Waals surface area contributed by atoms with E-state index in [4.69, 9.17) is 4.74 Å². The van der Waals surface area contributed by atoms with E-state index in [1.807, 2.05) is 61.5 Å². The number of hydrogen-bond donors (Lipinski definition) is 1. The third-order valence-electron chi connectivity index (χ3n) is 5.06. The first-order valence-electron chi connectivity index (χ1n) is 10.5. The van der Waals surface area contributed by atoms with Crippen LogP contribution in [-0.2, 0) is 24.3 Å². The van der Waals surface area contributed by atoms with Crippen LogP contribution in [0.4, 0.5) is 0 Å². The molecule has 0 aliphatic carbocycles. The molecule has 0 atom stereocenters. The molecule has 0 spiro atoms. The highest BCUT2D eigenvalue weighted by molar-refractivity contribution is 5.84.